The third kappa shape index (κ3) is 3.42. The highest BCUT2D eigenvalue weighted by Crippen LogP contribution is 2.21. The van der Waals surface area contributed by atoms with Gasteiger partial charge < -0.3 is 9.47 Å². The van der Waals surface area contributed by atoms with Gasteiger partial charge in [-0.25, -0.2) is 4.79 Å². The van der Waals surface area contributed by atoms with E-state index in [1.54, 1.807) is 6.08 Å². The number of ether oxygens (including phenoxy) is 2. The summed E-state index contributed by atoms with van der Waals surface area (Å²) < 4.78 is 10.0. The van der Waals surface area contributed by atoms with Gasteiger partial charge in [-0.3, -0.25) is 0 Å². The maximum absolute atomic E-state index is 11.0. The smallest absolute Gasteiger partial charge is 0.330 e. The number of benzene rings is 1. The maximum atomic E-state index is 11.0. The van der Waals surface area contributed by atoms with Crippen molar-refractivity contribution in [3.63, 3.8) is 0 Å². The van der Waals surface area contributed by atoms with E-state index in [9.17, 15) is 4.79 Å². The number of hydrogen-bond acceptors (Lipinski definition) is 3. The van der Waals surface area contributed by atoms with Crippen molar-refractivity contribution in [2.24, 2.45) is 0 Å². The van der Waals surface area contributed by atoms with Crippen LogP contribution < -0.4 is 4.74 Å². The summed E-state index contributed by atoms with van der Waals surface area (Å²) in [5.41, 5.74) is 2.00. The molecule has 3 heteroatoms. The van der Waals surface area contributed by atoms with Gasteiger partial charge in [0, 0.05) is 11.6 Å². The van der Waals surface area contributed by atoms with Gasteiger partial charge >= 0.3 is 5.97 Å². The Kier molecular flexibility index (Phi) is 4.58. The molecule has 0 N–H and O–H groups in total. The van der Waals surface area contributed by atoms with Crippen LogP contribution >= 0.6 is 0 Å². The molecular weight excluding hydrogens is 204 g/mol. The normalized spacial score (nSPS) is 10.4. The highest BCUT2D eigenvalue weighted by Gasteiger charge is 2.01. The van der Waals surface area contributed by atoms with E-state index in [0.717, 1.165) is 16.9 Å². The molecule has 0 unspecified atom stereocenters. The van der Waals surface area contributed by atoms with Crippen LogP contribution in [-0.2, 0) is 9.53 Å². The zero-order valence-electron chi connectivity index (χ0n) is 9.82. The molecule has 0 radical (unpaired) electrons. The lowest BCUT2D eigenvalue weighted by Gasteiger charge is -2.07. The Morgan fingerprint density at radius 2 is 2.19 bits per heavy atom. The van der Waals surface area contributed by atoms with Gasteiger partial charge in [-0.05, 0) is 31.6 Å². The molecule has 1 rings (SSSR count). The van der Waals surface area contributed by atoms with Crippen LogP contribution in [0.1, 0.15) is 18.1 Å². The van der Waals surface area contributed by atoms with E-state index in [0.29, 0.717) is 6.61 Å². The predicted octanol–water partition coefficient (Wildman–Crippen LogP) is 2.58. The monoisotopic (exact) mass is 220 g/mol. The maximum Gasteiger partial charge on any atom is 0.330 e. The molecule has 0 bridgehead atoms. The van der Waals surface area contributed by atoms with Crippen LogP contribution in [0.3, 0.4) is 0 Å². The van der Waals surface area contributed by atoms with Gasteiger partial charge in [-0.1, -0.05) is 12.1 Å². The molecule has 0 aliphatic heterocycles. The summed E-state index contributed by atoms with van der Waals surface area (Å²) in [6.07, 6.45) is 3.07. The van der Waals surface area contributed by atoms with Crippen molar-refractivity contribution in [2.75, 3.05) is 13.7 Å². The van der Waals surface area contributed by atoms with Crippen LogP contribution in [-0.4, -0.2) is 19.7 Å². The first kappa shape index (κ1) is 12.3. The molecule has 0 aliphatic carbocycles. The van der Waals surface area contributed by atoms with Crippen LogP contribution in [0, 0.1) is 6.92 Å². The Hall–Kier alpha value is -1.77. The predicted molar refractivity (Wildman–Crippen MR) is 63.4 cm³/mol. The van der Waals surface area contributed by atoms with Gasteiger partial charge in [0.1, 0.15) is 5.75 Å². The molecule has 0 saturated carbocycles. The third-order valence-corrected chi connectivity index (χ3v) is 2.07. The summed E-state index contributed by atoms with van der Waals surface area (Å²) in [5, 5.41) is 0. The minimum atomic E-state index is -0.372. The Morgan fingerprint density at radius 3 is 2.81 bits per heavy atom. The van der Waals surface area contributed by atoms with Crippen molar-refractivity contribution in [1.29, 1.82) is 0 Å². The second-order valence-electron chi connectivity index (χ2n) is 3.33. The molecule has 0 atom stereocenters. The third-order valence-electron chi connectivity index (χ3n) is 2.07. The van der Waals surface area contributed by atoms with E-state index < -0.39 is 0 Å². The van der Waals surface area contributed by atoms with Gasteiger partial charge in [0.05, 0.1) is 13.7 Å². The summed E-state index contributed by atoms with van der Waals surface area (Å²) in [6, 6.07) is 5.83. The second-order valence-corrected chi connectivity index (χ2v) is 3.33. The van der Waals surface area contributed by atoms with Crippen LogP contribution in [0.25, 0.3) is 6.08 Å². The molecule has 1 aromatic carbocycles. The zero-order chi connectivity index (χ0) is 12.0. The van der Waals surface area contributed by atoms with Crippen LogP contribution in [0.2, 0.25) is 0 Å². The van der Waals surface area contributed by atoms with Crippen molar-refractivity contribution in [3.05, 3.63) is 35.4 Å². The van der Waals surface area contributed by atoms with Crippen LogP contribution in [0.5, 0.6) is 5.75 Å². The Labute approximate surface area is 95.7 Å². The van der Waals surface area contributed by atoms with Crippen molar-refractivity contribution < 1.29 is 14.3 Å². The van der Waals surface area contributed by atoms with Gasteiger partial charge in [0.25, 0.3) is 0 Å². The number of hydrogen-bond donors (Lipinski definition) is 0. The van der Waals surface area contributed by atoms with Gasteiger partial charge in [-0.15, -0.1) is 0 Å². The number of aryl methyl sites for hydroxylation is 1. The molecular formula is C13H16O3. The van der Waals surface area contributed by atoms with E-state index in [1.165, 1.54) is 13.2 Å². The number of methoxy groups -OCH3 is 1. The van der Waals surface area contributed by atoms with Crippen LogP contribution in [0.4, 0.5) is 0 Å². The Morgan fingerprint density at radius 1 is 1.44 bits per heavy atom. The second kappa shape index (κ2) is 5.95. The largest absolute Gasteiger partial charge is 0.493 e. The number of carbonyl (C=O) groups excluding carboxylic acids is 1. The van der Waals surface area contributed by atoms with E-state index in [2.05, 4.69) is 4.74 Å². The van der Waals surface area contributed by atoms with Crippen molar-refractivity contribution in [2.45, 2.75) is 13.8 Å². The van der Waals surface area contributed by atoms with E-state index in [1.807, 2.05) is 32.0 Å². The molecule has 86 valence electrons. The highest BCUT2D eigenvalue weighted by molar-refractivity contribution is 5.87. The van der Waals surface area contributed by atoms with Gasteiger partial charge in [-0.2, -0.15) is 0 Å². The molecule has 0 aliphatic rings. The van der Waals surface area contributed by atoms with Crippen molar-refractivity contribution in [1.82, 2.24) is 0 Å². The summed E-state index contributed by atoms with van der Waals surface area (Å²) in [6.45, 7) is 4.52. The fraction of sp³-hybridized carbons (Fsp3) is 0.308. The summed E-state index contributed by atoms with van der Waals surface area (Å²) in [4.78, 5) is 11.0. The molecule has 16 heavy (non-hydrogen) atoms. The molecule has 3 nitrogen and oxygen atoms in total. The summed E-state index contributed by atoms with van der Waals surface area (Å²) >= 11 is 0. The first-order valence-corrected chi connectivity index (χ1v) is 5.17. The molecule has 0 amide bonds. The Bertz CT molecular complexity index is 394. The van der Waals surface area contributed by atoms with Gasteiger partial charge in [0.2, 0.25) is 0 Å². The first-order chi connectivity index (χ1) is 7.67. The number of rotatable bonds is 4. The topological polar surface area (TPSA) is 35.5 Å². The SMILES string of the molecule is CCOc1cc(C)ccc1C=CC(=O)OC. The molecule has 0 spiro atoms. The molecule has 0 fully saturated rings. The van der Waals surface area contributed by atoms with E-state index in [-0.39, 0.29) is 5.97 Å². The Balaban J connectivity index is 2.94. The molecule has 1 aromatic rings. The zero-order valence-corrected chi connectivity index (χ0v) is 9.82. The minimum Gasteiger partial charge on any atom is -0.493 e. The lowest BCUT2D eigenvalue weighted by Crippen LogP contribution is -1.96. The van der Waals surface area contributed by atoms with Gasteiger partial charge in [0.15, 0.2) is 0 Å². The minimum absolute atomic E-state index is 0.372. The average Bonchev–Trinajstić information content (AvgIpc) is 2.28. The lowest BCUT2D eigenvalue weighted by molar-refractivity contribution is -0.134. The molecule has 0 heterocycles. The van der Waals surface area contributed by atoms with E-state index in [4.69, 9.17) is 4.74 Å². The van der Waals surface area contributed by atoms with E-state index >= 15 is 0 Å². The van der Waals surface area contributed by atoms with Crippen LogP contribution in [0.15, 0.2) is 24.3 Å². The van der Waals surface area contributed by atoms with Crippen molar-refractivity contribution >= 4 is 12.0 Å². The molecule has 0 saturated heterocycles. The highest BCUT2D eigenvalue weighted by atomic mass is 16.5. The first-order valence-electron chi connectivity index (χ1n) is 5.17. The number of esters is 1. The standard InChI is InChI=1S/C13H16O3/c1-4-16-12-9-10(2)5-6-11(12)7-8-13(14)15-3/h5-9H,4H2,1-3H3. The summed E-state index contributed by atoms with van der Waals surface area (Å²) in [7, 11) is 1.35. The number of carbonyl (C=O) groups is 1. The quantitative estimate of drug-likeness (QED) is 0.578. The molecule has 0 aromatic heterocycles. The summed E-state index contributed by atoms with van der Waals surface area (Å²) in [5.74, 6) is 0.408. The lowest BCUT2D eigenvalue weighted by atomic mass is 10.1. The average molecular weight is 220 g/mol. The fourth-order valence-corrected chi connectivity index (χ4v) is 1.29. The fourth-order valence-electron chi connectivity index (χ4n) is 1.29. The van der Waals surface area contributed by atoms with Crippen molar-refractivity contribution in [3.8, 4) is 5.75 Å².